The number of hydrogen-bond acceptors (Lipinski definition) is 5. The van der Waals surface area contributed by atoms with E-state index in [9.17, 15) is 14.4 Å². The molecule has 2 aromatic heterocycles. The minimum Gasteiger partial charge on any atom is -0.448 e. The van der Waals surface area contributed by atoms with Gasteiger partial charge in [0.1, 0.15) is 5.69 Å². The number of aromatic nitrogens is 2. The number of carbonyl (C=O) groups excluding carboxylic acids is 2. The van der Waals surface area contributed by atoms with Crippen LogP contribution >= 0.6 is 0 Å². The minimum atomic E-state index is -1.03. The molecule has 0 fully saturated rings. The van der Waals surface area contributed by atoms with Crippen LogP contribution in [0.15, 0.2) is 77.9 Å². The summed E-state index contributed by atoms with van der Waals surface area (Å²) in [5, 5.41) is 3.88. The highest BCUT2D eigenvalue weighted by atomic mass is 16.5. The first-order valence-electron chi connectivity index (χ1n) is 11.0. The lowest BCUT2D eigenvalue weighted by atomic mass is 9.96. The molecule has 1 amide bonds. The lowest BCUT2D eigenvalue weighted by molar-refractivity contribution is -0.124. The van der Waals surface area contributed by atoms with Gasteiger partial charge in [-0.05, 0) is 42.5 Å². The lowest BCUT2D eigenvalue weighted by Gasteiger charge is -2.20. The van der Waals surface area contributed by atoms with Gasteiger partial charge in [0.25, 0.3) is 11.5 Å². The van der Waals surface area contributed by atoms with Gasteiger partial charge in [0.05, 0.1) is 0 Å². The van der Waals surface area contributed by atoms with Crippen LogP contribution in [-0.2, 0) is 16.6 Å². The summed E-state index contributed by atoms with van der Waals surface area (Å²) in [6.45, 7) is 3.73. The van der Waals surface area contributed by atoms with Gasteiger partial charge in [-0.2, -0.15) is 0 Å². The molecule has 1 atom stereocenters. The van der Waals surface area contributed by atoms with E-state index < -0.39 is 18.0 Å². The van der Waals surface area contributed by atoms with Gasteiger partial charge in [0, 0.05) is 36.1 Å². The van der Waals surface area contributed by atoms with Gasteiger partial charge < -0.3 is 14.6 Å². The van der Waals surface area contributed by atoms with Gasteiger partial charge in [-0.3, -0.25) is 14.6 Å². The molecule has 2 heterocycles. The van der Waals surface area contributed by atoms with Crippen LogP contribution in [0, 0.1) is 6.92 Å². The van der Waals surface area contributed by atoms with Crippen molar-refractivity contribution < 1.29 is 14.3 Å². The van der Waals surface area contributed by atoms with E-state index in [1.165, 1.54) is 4.57 Å². The van der Waals surface area contributed by atoms with Crippen molar-refractivity contribution in [3.05, 3.63) is 94.7 Å². The van der Waals surface area contributed by atoms with Crippen molar-refractivity contribution in [3.63, 3.8) is 0 Å². The van der Waals surface area contributed by atoms with Crippen LogP contribution in [0.1, 0.15) is 29.4 Å². The quantitative estimate of drug-likeness (QED) is 0.433. The molecule has 4 aromatic rings. The van der Waals surface area contributed by atoms with Gasteiger partial charge in [-0.15, -0.1) is 0 Å². The summed E-state index contributed by atoms with van der Waals surface area (Å²) < 4.78 is 6.96. The number of benzene rings is 2. The maximum absolute atomic E-state index is 13.5. The second kappa shape index (κ2) is 9.70. The molecule has 7 heteroatoms. The van der Waals surface area contributed by atoms with Crippen molar-refractivity contribution in [1.82, 2.24) is 9.55 Å². The molecule has 1 N–H and O–H groups in total. The molecule has 7 nitrogen and oxygen atoms in total. The van der Waals surface area contributed by atoms with Crippen LogP contribution < -0.4 is 10.9 Å². The fraction of sp³-hybridized carbons (Fsp3) is 0.185. The second-order valence-electron chi connectivity index (χ2n) is 8.03. The Balaban J connectivity index is 1.78. The summed E-state index contributed by atoms with van der Waals surface area (Å²) in [5.74, 6) is -1.19. The summed E-state index contributed by atoms with van der Waals surface area (Å²) in [4.78, 5) is 43.3. The highest BCUT2D eigenvalue weighted by Gasteiger charge is 2.27. The van der Waals surface area contributed by atoms with Crippen molar-refractivity contribution in [1.29, 1.82) is 0 Å². The fourth-order valence-electron chi connectivity index (χ4n) is 3.88. The third-order valence-corrected chi connectivity index (χ3v) is 5.70. The Morgan fingerprint density at radius 3 is 2.29 bits per heavy atom. The minimum absolute atomic E-state index is 0.0997. The van der Waals surface area contributed by atoms with Crippen LogP contribution in [0.2, 0.25) is 0 Å². The number of aryl methyl sites for hydroxylation is 1. The number of rotatable bonds is 6. The van der Waals surface area contributed by atoms with Crippen LogP contribution in [0.3, 0.4) is 0 Å². The van der Waals surface area contributed by atoms with E-state index >= 15 is 0 Å². The molecular weight excluding hydrogens is 430 g/mol. The summed E-state index contributed by atoms with van der Waals surface area (Å²) >= 11 is 0. The number of esters is 1. The zero-order chi connectivity index (χ0) is 24.2. The van der Waals surface area contributed by atoms with Crippen molar-refractivity contribution in [2.45, 2.75) is 26.4 Å². The average molecular weight is 456 g/mol. The molecule has 0 spiro atoms. The van der Waals surface area contributed by atoms with E-state index in [4.69, 9.17) is 4.74 Å². The van der Waals surface area contributed by atoms with Crippen LogP contribution in [0.4, 0.5) is 5.69 Å². The molecule has 4 rings (SSSR count). The Bertz CT molecular complexity index is 1410. The highest BCUT2D eigenvalue weighted by molar-refractivity contribution is 6.07. The number of carbonyl (C=O) groups is 2. The summed E-state index contributed by atoms with van der Waals surface area (Å²) in [7, 11) is 1.54. The van der Waals surface area contributed by atoms with Crippen LogP contribution in [0.5, 0.6) is 0 Å². The van der Waals surface area contributed by atoms with Gasteiger partial charge in [0.2, 0.25) is 0 Å². The molecular formula is C27H25N3O4. The first-order chi connectivity index (χ1) is 16.4. The zero-order valence-electron chi connectivity index (χ0n) is 19.2. The highest BCUT2D eigenvalue weighted by Crippen LogP contribution is 2.31. The summed E-state index contributed by atoms with van der Waals surface area (Å²) in [6.07, 6.45) is 2.35. The normalized spacial score (nSPS) is 11.7. The number of nitrogens with zero attached hydrogens (tertiary/aromatic N) is 2. The molecule has 0 aliphatic rings. The van der Waals surface area contributed by atoms with Crippen LogP contribution in [0.25, 0.3) is 21.9 Å². The molecule has 2 aromatic carbocycles. The molecule has 0 radical (unpaired) electrons. The third kappa shape index (κ3) is 4.45. The molecule has 0 aliphatic carbocycles. The SMILES string of the molecule is CCC(OC(=O)c1c(-c2ccc(C)cc2)c2ccccc2c(=O)n1C)C(=O)Nc1ccncc1. The Kier molecular flexibility index (Phi) is 6.54. The number of hydrogen-bond donors (Lipinski definition) is 1. The summed E-state index contributed by atoms with van der Waals surface area (Å²) in [6, 6.07) is 18.2. The van der Waals surface area contributed by atoms with Crippen LogP contribution in [-0.4, -0.2) is 27.5 Å². The standard InChI is InChI=1S/C27H25N3O4/c1-4-22(25(31)29-19-13-15-28-16-14-19)34-27(33)24-23(18-11-9-17(2)10-12-18)20-7-5-6-8-21(20)26(32)30(24)3/h5-16,22H,4H2,1-3H3,(H,28,29,31). The Labute approximate surface area is 197 Å². The van der Waals surface area contributed by atoms with Gasteiger partial charge in [-0.25, -0.2) is 4.79 Å². The van der Waals surface area contributed by atoms with E-state index in [2.05, 4.69) is 10.3 Å². The smallest absolute Gasteiger partial charge is 0.356 e. The largest absolute Gasteiger partial charge is 0.448 e. The predicted molar refractivity (Wildman–Crippen MR) is 132 cm³/mol. The Morgan fingerprint density at radius 2 is 1.65 bits per heavy atom. The molecule has 0 bridgehead atoms. The van der Waals surface area contributed by atoms with E-state index in [0.717, 1.165) is 11.1 Å². The topological polar surface area (TPSA) is 90.3 Å². The molecule has 172 valence electrons. The molecule has 1 unspecified atom stereocenters. The molecule has 34 heavy (non-hydrogen) atoms. The van der Waals surface area contributed by atoms with Gasteiger partial charge >= 0.3 is 5.97 Å². The van der Waals surface area contributed by atoms with E-state index in [1.807, 2.05) is 43.3 Å². The number of anilines is 1. The predicted octanol–water partition coefficient (Wildman–Crippen LogP) is 4.48. The number of nitrogens with one attached hydrogen (secondary N) is 1. The van der Waals surface area contributed by atoms with Crippen molar-refractivity contribution in [3.8, 4) is 11.1 Å². The molecule has 0 saturated heterocycles. The number of amides is 1. The maximum Gasteiger partial charge on any atom is 0.356 e. The zero-order valence-corrected chi connectivity index (χ0v) is 19.2. The first-order valence-corrected chi connectivity index (χ1v) is 11.0. The number of ether oxygens (including phenoxy) is 1. The first kappa shape index (κ1) is 22.9. The monoisotopic (exact) mass is 455 g/mol. The fourth-order valence-corrected chi connectivity index (χ4v) is 3.88. The average Bonchev–Trinajstić information content (AvgIpc) is 2.85. The van der Waals surface area contributed by atoms with Gasteiger partial charge in [0.15, 0.2) is 6.10 Å². The Hall–Kier alpha value is -4.26. The van der Waals surface area contributed by atoms with E-state index in [-0.39, 0.29) is 17.7 Å². The van der Waals surface area contributed by atoms with E-state index in [0.29, 0.717) is 22.0 Å². The van der Waals surface area contributed by atoms with Crippen molar-refractivity contribution in [2.75, 3.05) is 5.32 Å². The third-order valence-electron chi connectivity index (χ3n) is 5.70. The Morgan fingerprint density at radius 1 is 1.00 bits per heavy atom. The second-order valence-corrected chi connectivity index (χ2v) is 8.03. The van der Waals surface area contributed by atoms with E-state index in [1.54, 1.807) is 50.6 Å². The molecule has 0 aliphatic heterocycles. The lowest BCUT2D eigenvalue weighted by Crippen LogP contribution is -2.34. The number of fused-ring (bicyclic) bond motifs is 1. The number of pyridine rings is 2. The maximum atomic E-state index is 13.5. The summed E-state index contributed by atoms with van der Waals surface area (Å²) in [5.41, 5.74) is 2.77. The van der Waals surface area contributed by atoms with Gasteiger partial charge in [-0.1, -0.05) is 55.0 Å². The molecule has 0 saturated carbocycles. The van der Waals surface area contributed by atoms with Crippen molar-refractivity contribution in [2.24, 2.45) is 7.05 Å². The van der Waals surface area contributed by atoms with Crippen molar-refractivity contribution >= 4 is 28.3 Å².